The normalized spacial score (nSPS) is 26.8. The first-order chi connectivity index (χ1) is 9.67. The molecule has 3 heteroatoms. The minimum Gasteiger partial charge on any atom is -0.375 e. The average Bonchev–Trinajstić information content (AvgIpc) is 2.87. The van der Waals surface area contributed by atoms with Crippen LogP contribution in [0.15, 0.2) is 29.2 Å². The fourth-order valence-electron chi connectivity index (χ4n) is 3.51. The highest BCUT2D eigenvalue weighted by Crippen LogP contribution is 2.44. The van der Waals surface area contributed by atoms with E-state index in [2.05, 4.69) is 24.3 Å². The van der Waals surface area contributed by atoms with Crippen molar-refractivity contribution in [2.24, 2.45) is 5.73 Å². The van der Waals surface area contributed by atoms with Crippen molar-refractivity contribution in [3.63, 3.8) is 0 Å². The summed E-state index contributed by atoms with van der Waals surface area (Å²) in [6.07, 6.45) is 7.62. The third-order valence-electron chi connectivity index (χ3n) is 4.65. The van der Waals surface area contributed by atoms with Gasteiger partial charge in [-0.25, -0.2) is 0 Å². The highest BCUT2D eigenvalue weighted by atomic mass is 32.2. The first kappa shape index (κ1) is 14.4. The van der Waals surface area contributed by atoms with Crippen LogP contribution in [0.25, 0.3) is 0 Å². The molecule has 1 saturated heterocycles. The van der Waals surface area contributed by atoms with E-state index in [1.54, 1.807) is 0 Å². The minimum atomic E-state index is 0.117. The Hall–Kier alpha value is -0.510. The Morgan fingerprint density at radius 3 is 2.90 bits per heavy atom. The lowest BCUT2D eigenvalue weighted by Crippen LogP contribution is -2.38. The molecule has 110 valence electrons. The summed E-state index contributed by atoms with van der Waals surface area (Å²) in [7, 11) is 0. The van der Waals surface area contributed by atoms with Crippen LogP contribution >= 0.6 is 11.8 Å². The van der Waals surface area contributed by atoms with E-state index in [1.165, 1.54) is 49.0 Å². The molecule has 1 aromatic rings. The Balaban J connectivity index is 1.66. The fraction of sp³-hybridized carbons (Fsp3) is 0.647. The van der Waals surface area contributed by atoms with Crippen molar-refractivity contribution in [2.75, 3.05) is 6.61 Å². The molecule has 1 spiro atoms. The van der Waals surface area contributed by atoms with E-state index in [-0.39, 0.29) is 11.6 Å². The average molecular weight is 291 g/mol. The van der Waals surface area contributed by atoms with Gasteiger partial charge in [0.1, 0.15) is 0 Å². The van der Waals surface area contributed by atoms with E-state index in [0.717, 1.165) is 6.61 Å². The topological polar surface area (TPSA) is 35.2 Å². The molecule has 0 aromatic heterocycles. The lowest BCUT2D eigenvalue weighted by molar-refractivity contribution is -0.0703. The number of hydrogen-bond acceptors (Lipinski definition) is 3. The van der Waals surface area contributed by atoms with Crippen molar-refractivity contribution in [1.82, 2.24) is 0 Å². The molecule has 2 N–H and O–H groups in total. The Kier molecular flexibility index (Phi) is 4.39. The summed E-state index contributed by atoms with van der Waals surface area (Å²) < 4.78 is 6.12. The van der Waals surface area contributed by atoms with Crippen LogP contribution in [0.4, 0.5) is 0 Å². The van der Waals surface area contributed by atoms with Crippen molar-refractivity contribution in [3.05, 3.63) is 29.8 Å². The van der Waals surface area contributed by atoms with Crippen LogP contribution in [-0.2, 0) is 4.74 Å². The van der Waals surface area contributed by atoms with E-state index in [4.69, 9.17) is 10.5 Å². The summed E-state index contributed by atoms with van der Waals surface area (Å²) in [5.41, 5.74) is 7.43. The molecule has 2 aliphatic rings. The van der Waals surface area contributed by atoms with Gasteiger partial charge in [-0.2, -0.15) is 0 Å². The number of hydrogen-bond donors (Lipinski definition) is 1. The number of rotatable bonds is 3. The van der Waals surface area contributed by atoms with E-state index in [9.17, 15) is 0 Å². The molecule has 2 fully saturated rings. The van der Waals surface area contributed by atoms with Gasteiger partial charge in [-0.05, 0) is 50.3 Å². The van der Waals surface area contributed by atoms with Crippen LogP contribution < -0.4 is 5.73 Å². The molecule has 2 unspecified atom stereocenters. The van der Waals surface area contributed by atoms with E-state index < -0.39 is 0 Å². The molecule has 1 aliphatic carbocycles. The van der Waals surface area contributed by atoms with Gasteiger partial charge in [0, 0.05) is 22.8 Å². The monoisotopic (exact) mass is 291 g/mol. The molecule has 0 amide bonds. The standard InChI is InChI=1S/C17H25NOS/c1-13(18)14-5-4-6-15(11-14)20-16-7-10-19-17(12-16)8-2-3-9-17/h4-6,11,13,16H,2-3,7-10,12,18H2,1H3. The lowest BCUT2D eigenvalue weighted by Gasteiger charge is -2.38. The molecular weight excluding hydrogens is 266 g/mol. The number of nitrogens with two attached hydrogens (primary N) is 1. The molecule has 0 bridgehead atoms. The summed E-state index contributed by atoms with van der Waals surface area (Å²) in [4.78, 5) is 1.36. The Bertz CT molecular complexity index is 454. The number of benzene rings is 1. The van der Waals surface area contributed by atoms with Gasteiger partial charge in [-0.3, -0.25) is 0 Å². The SMILES string of the molecule is CC(N)c1cccc(SC2CCOC3(CCCC3)C2)c1. The van der Waals surface area contributed by atoms with Crippen LogP contribution in [0, 0.1) is 0 Å². The van der Waals surface area contributed by atoms with Crippen LogP contribution in [0.5, 0.6) is 0 Å². The molecule has 3 rings (SSSR count). The largest absolute Gasteiger partial charge is 0.375 e. The second kappa shape index (κ2) is 6.08. The van der Waals surface area contributed by atoms with Crippen molar-refractivity contribution >= 4 is 11.8 Å². The predicted octanol–water partition coefficient (Wildman–Crippen LogP) is 4.29. The smallest absolute Gasteiger partial charge is 0.0693 e. The predicted molar refractivity (Wildman–Crippen MR) is 85.1 cm³/mol. The molecule has 1 aromatic carbocycles. The molecule has 1 heterocycles. The van der Waals surface area contributed by atoms with Crippen LogP contribution in [0.3, 0.4) is 0 Å². The van der Waals surface area contributed by atoms with Gasteiger partial charge in [0.05, 0.1) is 5.60 Å². The molecular formula is C17H25NOS. The molecule has 1 aliphatic heterocycles. The molecule has 2 atom stereocenters. The summed E-state index contributed by atoms with van der Waals surface area (Å²) in [5.74, 6) is 0. The maximum Gasteiger partial charge on any atom is 0.0693 e. The maximum absolute atomic E-state index is 6.12. The Labute approximate surface area is 126 Å². The maximum atomic E-state index is 6.12. The quantitative estimate of drug-likeness (QED) is 0.902. The van der Waals surface area contributed by atoms with Crippen LogP contribution in [0.1, 0.15) is 57.1 Å². The van der Waals surface area contributed by atoms with Gasteiger partial charge >= 0.3 is 0 Å². The van der Waals surface area contributed by atoms with Gasteiger partial charge in [-0.15, -0.1) is 11.8 Å². The fourth-order valence-corrected chi connectivity index (χ4v) is 4.86. The Morgan fingerprint density at radius 2 is 2.15 bits per heavy atom. The molecule has 2 nitrogen and oxygen atoms in total. The summed E-state index contributed by atoms with van der Waals surface area (Å²) >= 11 is 2.02. The Morgan fingerprint density at radius 1 is 1.35 bits per heavy atom. The minimum absolute atomic E-state index is 0.117. The van der Waals surface area contributed by atoms with Gasteiger partial charge in [-0.1, -0.05) is 25.0 Å². The second-order valence-corrected chi connectivity index (χ2v) is 7.71. The number of ether oxygens (including phenoxy) is 1. The number of thioether (sulfide) groups is 1. The summed E-state index contributed by atoms with van der Waals surface area (Å²) in [6, 6.07) is 8.84. The molecule has 0 radical (unpaired) electrons. The zero-order valence-electron chi connectivity index (χ0n) is 12.3. The van der Waals surface area contributed by atoms with Gasteiger partial charge in [0.15, 0.2) is 0 Å². The lowest BCUT2D eigenvalue weighted by atomic mass is 9.92. The first-order valence-electron chi connectivity index (χ1n) is 7.83. The van der Waals surface area contributed by atoms with E-state index >= 15 is 0 Å². The van der Waals surface area contributed by atoms with Gasteiger partial charge in [0.25, 0.3) is 0 Å². The van der Waals surface area contributed by atoms with Gasteiger partial charge < -0.3 is 10.5 Å². The zero-order chi connectivity index (χ0) is 14.0. The molecule has 1 saturated carbocycles. The summed E-state index contributed by atoms with van der Waals surface area (Å²) in [6.45, 7) is 2.98. The van der Waals surface area contributed by atoms with Crippen molar-refractivity contribution in [1.29, 1.82) is 0 Å². The van der Waals surface area contributed by atoms with Crippen LogP contribution in [-0.4, -0.2) is 17.5 Å². The highest BCUT2D eigenvalue weighted by Gasteiger charge is 2.40. The summed E-state index contributed by atoms with van der Waals surface area (Å²) in [5, 5.41) is 0.699. The highest BCUT2D eigenvalue weighted by molar-refractivity contribution is 8.00. The second-order valence-electron chi connectivity index (χ2n) is 6.33. The van der Waals surface area contributed by atoms with Crippen LogP contribution in [0.2, 0.25) is 0 Å². The van der Waals surface area contributed by atoms with Crippen molar-refractivity contribution < 1.29 is 4.74 Å². The third-order valence-corrected chi connectivity index (χ3v) is 5.91. The first-order valence-corrected chi connectivity index (χ1v) is 8.71. The third kappa shape index (κ3) is 3.21. The molecule has 20 heavy (non-hydrogen) atoms. The van der Waals surface area contributed by atoms with Crippen molar-refractivity contribution in [3.8, 4) is 0 Å². The van der Waals surface area contributed by atoms with E-state index in [1.807, 2.05) is 18.7 Å². The van der Waals surface area contributed by atoms with Gasteiger partial charge in [0.2, 0.25) is 0 Å². The zero-order valence-corrected chi connectivity index (χ0v) is 13.1. The van der Waals surface area contributed by atoms with E-state index in [0.29, 0.717) is 5.25 Å². The van der Waals surface area contributed by atoms with Crippen molar-refractivity contribution in [2.45, 2.75) is 67.2 Å².